The molecule has 0 amide bonds. The number of nitrogens with two attached hydrogens (primary N) is 1. The number of hydrogen-bond donors (Lipinski definition) is 4. The van der Waals surface area contributed by atoms with Crippen molar-refractivity contribution in [3.05, 3.63) is 60.6 Å². The Morgan fingerprint density at radius 3 is 2.57 bits per heavy atom. The molecule has 2 aromatic heterocycles. The van der Waals surface area contributed by atoms with Gasteiger partial charge in [0.1, 0.15) is 5.82 Å². The quantitative estimate of drug-likeness (QED) is 0.253. The second kappa shape index (κ2) is 16.1. The van der Waals surface area contributed by atoms with Crippen molar-refractivity contribution in [1.82, 2.24) is 24.8 Å². The minimum absolute atomic E-state index is 0. The summed E-state index contributed by atoms with van der Waals surface area (Å²) in [5, 5.41) is 22.4. The van der Waals surface area contributed by atoms with Gasteiger partial charge in [0.05, 0.1) is 13.2 Å². The van der Waals surface area contributed by atoms with Gasteiger partial charge in [-0.2, -0.15) is 27.0 Å². The van der Waals surface area contributed by atoms with Gasteiger partial charge in [0.15, 0.2) is 0 Å². The first kappa shape index (κ1) is 33.6. The molecule has 0 saturated carbocycles. The van der Waals surface area contributed by atoms with E-state index in [0.717, 1.165) is 60.0 Å². The Bertz CT molecular complexity index is 1290. The van der Waals surface area contributed by atoms with E-state index in [1.807, 2.05) is 41.6 Å². The van der Waals surface area contributed by atoms with Crippen molar-refractivity contribution < 1.29 is 15.0 Å². The second-order valence-corrected chi connectivity index (χ2v) is 10.5. The van der Waals surface area contributed by atoms with Crippen LogP contribution >= 0.6 is 27.0 Å². The molecule has 42 heavy (non-hydrogen) atoms. The van der Waals surface area contributed by atoms with Gasteiger partial charge in [0, 0.05) is 74.6 Å². The van der Waals surface area contributed by atoms with E-state index < -0.39 is 5.97 Å². The zero-order valence-corrected chi connectivity index (χ0v) is 25.7. The van der Waals surface area contributed by atoms with Crippen molar-refractivity contribution in [2.24, 2.45) is 5.73 Å². The van der Waals surface area contributed by atoms with Gasteiger partial charge in [0.2, 0.25) is 5.95 Å². The van der Waals surface area contributed by atoms with Crippen molar-refractivity contribution in [3.63, 3.8) is 0 Å². The molecule has 2 unspecified atom stereocenters. The molecular weight excluding hydrogens is 573 g/mol. The zero-order valence-electron chi connectivity index (χ0n) is 23.7. The van der Waals surface area contributed by atoms with Crippen LogP contribution in [-0.4, -0.2) is 98.9 Å². The molecule has 13 heteroatoms. The highest BCUT2D eigenvalue weighted by Gasteiger charge is 2.28. The molecule has 11 nitrogen and oxygen atoms in total. The highest BCUT2D eigenvalue weighted by molar-refractivity contribution is 7.59. The minimum atomic E-state index is -0.843. The Balaban J connectivity index is 0.00000242. The van der Waals surface area contributed by atoms with Crippen LogP contribution in [0.15, 0.2) is 55.0 Å². The van der Waals surface area contributed by atoms with Gasteiger partial charge in [-0.05, 0) is 61.2 Å². The van der Waals surface area contributed by atoms with Gasteiger partial charge in [-0.1, -0.05) is 12.1 Å². The minimum Gasteiger partial charge on any atom is -0.480 e. The number of carbonyl (C=O) groups is 1. The van der Waals surface area contributed by atoms with Gasteiger partial charge < -0.3 is 26.2 Å². The number of nitrogens with one attached hydrogen (secondary N) is 1. The first-order valence-corrected chi connectivity index (χ1v) is 13.9. The van der Waals surface area contributed by atoms with Crippen molar-refractivity contribution in [1.29, 1.82) is 0 Å². The molecule has 228 valence electrons. The predicted octanol–water partition coefficient (Wildman–Crippen LogP) is 2.39. The maximum absolute atomic E-state index is 11.1. The average Bonchev–Trinajstić information content (AvgIpc) is 3.42. The summed E-state index contributed by atoms with van der Waals surface area (Å²) >= 11 is 0. The zero-order chi connectivity index (χ0) is 27.9. The second-order valence-electron chi connectivity index (χ2n) is 10.5. The lowest BCUT2D eigenvalue weighted by Crippen LogP contribution is -2.55. The van der Waals surface area contributed by atoms with Crippen molar-refractivity contribution in [2.75, 3.05) is 56.1 Å². The van der Waals surface area contributed by atoms with Crippen molar-refractivity contribution in [3.8, 4) is 11.1 Å². The molecule has 2 aliphatic rings. The van der Waals surface area contributed by atoms with Crippen molar-refractivity contribution >= 4 is 50.4 Å². The molecule has 5 N–H and O–H groups in total. The van der Waals surface area contributed by atoms with Crippen molar-refractivity contribution in [2.45, 2.75) is 37.9 Å². The molecule has 2 aliphatic heterocycles. The number of rotatable bonds is 11. The normalized spacial score (nSPS) is 19.1. The van der Waals surface area contributed by atoms with Gasteiger partial charge in [0.25, 0.3) is 0 Å². The molecule has 4 heterocycles. The van der Waals surface area contributed by atoms with E-state index in [0.29, 0.717) is 38.8 Å². The number of aliphatic hydroxyl groups excluding tert-OH is 1. The van der Waals surface area contributed by atoms with Gasteiger partial charge >= 0.3 is 5.97 Å². The van der Waals surface area contributed by atoms with E-state index in [-0.39, 0.29) is 46.2 Å². The fourth-order valence-electron chi connectivity index (χ4n) is 5.69. The highest BCUT2D eigenvalue weighted by Crippen LogP contribution is 2.27. The largest absolute Gasteiger partial charge is 0.480 e. The number of carboxylic acids is 1. The van der Waals surface area contributed by atoms with Crippen LogP contribution in [0.1, 0.15) is 24.8 Å². The predicted molar refractivity (Wildman–Crippen MR) is 175 cm³/mol. The van der Waals surface area contributed by atoms with Crippen LogP contribution in [0.5, 0.6) is 0 Å². The Hall–Kier alpha value is -2.94. The van der Waals surface area contributed by atoms with Crippen LogP contribution in [0.25, 0.3) is 11.1 Å². The van der Waals surface area contributed by atoms with E-state index in [1.54, 1.807) is 6.20 Å². The number of piperazine rings is 1. The maximum atomic E-state index is 11.1. The molecule has 3 aromatic rings. The molecule has 2 fully saturated rings. The standard InChI is InChI=1S/C29H38N8O3.2H2S/c30-8-6-25-5-2-10-37(25)29-32-15-23(16-33-29)22-7-9-31-27(14-22)34-24-4-1-3-21(13-24)17-36-12-11-35(19-28(39)40)18-26(36)20-38;;/h1,3-4,7,9,13-16,25-26,38H,2,5-6,8,10-12,17-20,30H2,(H,31,34)(H,39,40);2*1H2. The van der Waals surface area contributed by atoms with Crippen LogP contribution in [0, 0.1) is 0 Å². The van der Waals surface area contributed by atoms with Crippen LogP contribution in [0.2, 0.25) is 0 Å². The summed E-state index contributed by atoms with van der Waals surface area (Å²) in [5.74, 6) is 0.636. The van der Waals surface area contributed by atoms with Gasteiger partial charge in [-0.15, -0.1) is 0 Å². The summed E-state index contributed by atoms with van der Waals surface area (Å²) in [4.78, 5) is 31.3. The summed E-state index contributed by atoms with van der Waals surface area (Å²) in [6.07, 6.45) is 8.74. The smallest absolute Gasteiger partial charge is 0.317 e. The van der Waals surface area contributed by atoms with Gasteiger partial charge in [-0.3, -0.25) is 14.6 Å². The SMILES string of the molecule is NCCC1CCCN1c1ncc(-c2ccnc(Nc3cccc(CN4CCN(CC(=O)O)CC4CO)c3)c2)cn1.S.S. The monoisotopic (exact) mass is 614 g/mol. The molecular formula is C29H42N8O3S2. The summed E-state index contributed by atoms with van der Waals surface area (Å²) in [6, 6.07) is 12.4. The number of anilines is 3. The summed E-state index contributed by atoms with van der Waals surface area (Å²) in [6.45, 7) is 4.19. The third kappa shape index (κ3) is 8.55. The number of hydrogen-bond acceptors (Lipinski definition) is 10. The van der Waals surface area contributed by atoms with Gasteiger partial charge in [-0.25, -0.2) is 15.0 Å². The lowest BCUT2D eigenvalue weighted by Gasteiger charge is -2.40. The molecule has 0 bridgehead atoms. The molecule has 2 atom stereocenters. The van der Waals surface area contributed by atoms with E-state index in [4.69, 9.17) is 10.8 Å². The first-order chi connectivity index (χ1) is 19.5. The Kier molecular flexibility index (Phi) is 12.8. The van der Waals surface area contributed by atoms with Crippen LogP contribution < -0.4 is 16.0 Å². The number of carboxylic acid groups (broad SMARTS) is 1. The van der Waals surface area contributed by atoms with E-state index in [2.05, 4.69) is 42.2 Å². The fraction of sp³-hybridized carbons (Fsp3) is 0.448. The van der Waals surface area contributed by atoms with Crippen LogP contribution in [-0.2, 0) is 11.3 Å². The molecule has 2 saturated heterocycles. The Morgan fingerprint density at radius 1 is 1.02 bits per heavy atom. The molecule has 0 aliphatic carbocycles. The van der Waals surface area contributed by atoms with E-state index in [1.165, 1.54) is 0 Å². The number of aliphatic hydroxyl groups is 1. The molecule has 0 radical (unpaired) electrons. The fourth-order valence-corrected chi connectivity index (χ4v) is 5.69. The Labute approximate surface area is 261 Å². The van der Waals surface area contributed by atoms with E-state index >= 15 is 0 Å². The number of aromatic nitrogens is 3. The maximum Gasteiger partial charge on any atom is 0.317 e. The number of nitrogens with zero attached hydrogens (tertiary/aromatic N) is 6. The summed E-state index contributed by atoms with van der Waals surface area (Å²) in [5.41, 5.74) is 9.71. The number of aliphatic carboxylic acids is 1. The highest BCUT2D eigenvalue weighted by atomic mass is 32.1. The first-order valence-electron chi connectivity index (χ1n) is 13.9. The number of pyridine rings is 1. The van der Waals surface area contributed by atoms with Crippen LogP contribution in [0.4, 0.5) is 17.5 Å². The molecule has 1 aromatic carbocycles. The Morgan fingerprint density at radius 2 is 1.83 bits per heavy atom. The van der Waals surface area contributed by atoms with E-state index in [9.17, 15) is 9.90 Å². The summed E-state index contributed by atoms with van der Waals surface area (Å²) < 4.78 is 0. The topological polar surface area (TPSA) is 144 Å². The lowest BCUT2D eigenvalue weighted by molar-refractivity contribution is -0.139. The molecule has 0 spiro atoms. The number of benzene rings is 1. The third-order valence-corrected chi connectivity index (χ3v) is 7.71. The molecule has 5 rings (SSSR count). The summed E-state index contributed by atoms with van der Waals surface area (Å²) in [7, 11) is 0. The average molecular weight is 615 g/mol. The lowest BCUT2D eigenvalue weighted by atomic mass is 10.1. The van der Waals surface area contributed by atoms with Crippen LogP contribution in [0.3, 0.4) is 0 Å². The third-order valence-electron chi connectivity index (χ3n) is 7.71.